The van der Waals surface area contributed by atoms with Gasteiger partial charge in [-0.1, -0.05) is 91.0 Å². The number of Topliss-reactive ketones (excluding diaryl/α,β-unsaturated/α-hetero) is 1. The van der Waals surface area contributed by atoms with Gasteiger partial charge in [-0.3, -0.25) is 4.79 Å². The van der Waals surface area contributed by atoms with E-state index in [0.717, 1.165) is 11.1 Å². The molecule has 3 atom stereocenters. The van der Waals surface area contributed by atoms with Gasteiger partial charge in [-0.15, -0.1) is 0 Å². The first kappa shape index (κ1) is 15.4. The highest BCUT2D eigenvalue weighted by molar-refractivity contribution is 6.03. The molecule has 0 heterocycles. The van der Waals surface area contributed by atoms with Crippen molar-refractivity contribution in [3.63, 3.8) is 0 Å². The molecule has 3 unspecified atom stereocenters. The van der Waals surface area contributed by atoms with Gasteiger partial charge in [0.15, 0.2) is 5.78 Å². The molecule has 0 aromatic heterocycles. The lowest BCUT2D eigenvalue weighted by molar-refractivity contribution is 0.0959. The Morgan fingerprint density at radius 1 is 0.800 bits per heavy atom. The lowest BCUT2D eigenvalue weighted by atomic mass is 9.90. The van der Waals surface area contributed by atoms with E-state index in [2.05, 4.69) is 6.07 Å². The molecule has 0 aliphatic heterocycles. The van der Waals surface area contributed by atoms with Crippen LogP contribution in [0, 0.1) is 17.2 Å². The molecule has 0 amide bonds. The molecule has 2 heteroatoms. The van der Waals surface area contributed by atoms with Crippen molar-refractivity contribution in [3.8, 4) is 6.07 Å². The van der Waals surface area contributed by atoms with E-state index >= 15 is 0 Å². The van der Waals surface area contributed by atoms with Crippen LogP contribution in [0.4, 0.5) is 0 Å². The first-order valence-corrected chi connectivity index (χ1v) is 8.40. The van der Waals surface area contributed by atoms with E-state index in [1.54, 1.807) is 0 Å². The van der Waals surface area contributed by atoms with Crippen LogP contribution >= 0.6 is 0 Å². The van der Waals surface area contributed by atoms with Gasteiger partial charge in [0, 0.05) is 11.5 Å². The van der Waals surface area contributed by atoms with Crippen molar-refractivity contribution < 1.29 is 4.79 Å². The molecule has 25 heavy (non-hydrogen) atoms. The molecule has 120 valence electrons. The molecule has 0 spiro atoms. The quantitative estimate of drug-likeness (QED) is 0.650. The molecule has 3 aromatic carbocycles. The summed E-state index contributed by atoms with van der Waals surface area (Å²) in [5, 5.41) is 10.1. The zero-order valence-electron chi connectivity index (χ0n) is 13.7. The zero-order chi connectivity index (χ0) is 17.3. The fraction of sp³-hybridized carbons (Fsp3) is 0.130. The highest BCUT2D eigenvalue weighted by atomic mass is 16.1. The third-order valence-corrected chi connectivity index (χ3v) is 5.14. The summed E-state index contributed by atoms with van der Waals surface area (Å²) in [5.41, 5.74) is 1.83. The monoisotopic (exact) mass is 323 g/mol. The van der Waals surface area contributed by atoms with Crippen molar-refractivity contribution >= 4 is 5.78 Å². The van der Waals surface area contributed by atoms with Crippen molar-refractivity contribution in [2.45, 2.75) is 11.3 Å². The van der Waals surface area contributed by atoms with Crippen LogP contribution in [0.2, 0.25) is 0 Å². The Hall–Kier alpha value is -3.18. The number of ketones is 1. The van der Waals surface area contributed by atoms with Gasteiger partial charge < -0.3 is 0 Å². The van der Waals surface area contributed by atoms with Crippen LogP contribution in [0.5, 0.6) is 0 Å². The maximum Gasteiger partial charge on any atom is 0.168 e. The van der Waals surface area contributed by atoms with Crippen LogP contribution in [0.3, 0.4) is 0 Å². The van der Waals surface area contributed by atoms with E-state index in [1.807, 2.05) is 91.0 Å². The normalized spacial score (nSPS) is 24.3. The van der Waals surface area contributed by atoms with Gasteiger partial charge in [-0.25, -0.2) is 0 Å². The van der Waals surface area contributed by atoms with Crippen LogP contribution in [0.1, 0.15) is 27.4 Å². The second kappa shape index (κ2) is 6.03. The van der Waals surface area contributed by atoms with E-state index in [-0.39, 0.29) is 17.6 Å². The molecular formula is C23H17NO. The molecule has 1 saturated carbocycles. The first-order chi connectivity index (χ1) is 12.3. The molecule has 2 nitrogen and oxygen atoms in total. The number of hydrogen-bond acceptors (Lipinski definition) is 2. The molecule has 0 saturated heterocycles. The average molecular weight is 323 g/mol. The predicted octanol–water partition coefficient (Wildman–Crippen LogP) is 4.74. The molecular weight excluding hydrogens is 306 g/mol. The third-order valence-electron chi connectivity index (χ3n) is 5.14. The molecule has 0 N–H and O–H groups in total. The Kier molecular flexibility index (Phi) is 3.71. The molecule has 0 radical (unpaired) electrons. The Morgan fingerprint density at radius 3 is 1.88 bits per heavy atom. The largest absolute Gasteiger partial charge is 0.294 e. The highest BCUT2D eigenvalue weighted by Gasteiger charge is 2.70. The zero-order valence-corrected chi connectivity index (χ0v) is 13.7. The number of nitriles is 1. The number of nitrogens with zero attached hydrogens (tertiary/aromatic N) is 1. The van der Waals surface area contributed by atoms with Gasteiger partial charge in [0.05, 0.1) is 12.0 Å². The van der Waals surface area contributed by atoms with Crippen molar-refractivity contribution in [2.75, 3.05) is 0 Å². The third kappa shape index (κ3) is 2.37. The standard InChI is InChI=1S/C23H17NO/c24-16-23(19-14-8-3-9-15-19)20(17-10-4-1-5-11-17)21(23)22(25)18-12-6-2-7-13-18/h1-15,20-21H. The topological polar surface area (TPSA) is 40.9 Å². The summed E-state index contributed by atoms with van der Waals surface area (Å²) in [6.45, 7) is 0. The van der Waals surface area contributed by atoms with Gasteiger partial charge >= 0.3 is 0 Å². The van der Waals surface area contributed by atoms with Crippen LogP contribution in [0.25, 0.3) is 0 Å². The average Bonchev–Trinajstić information content (AvgIpc) is 3.40. The number of carbonyl (C=O) groups excluding carboxylic acids is 1. The SMILES string of the molecule is N#CC1(c2ccccc2)C(C(=O)c2ccccc2)C1c1ccccc1. The minimum atomic E-state index is -0.796. The number of rotatable bonds is 4. The predicted molar refractivity (Wildman–Crippen MR) is 97.2 cm³/mol. The second-order valence-electron chi connectivity index (χ2n) is 6.44. The lowest BCUT2D eigenvalue weighted by Gasteiger charge is -2.10. The molecule has 0 bridgehead atoms. The van der Waals surface area contributed by atoms with Crippen LogP contribution in [0.15, 0.2) is 91.0 Å². The first-order valence-electron chi connectivity index (χ1n) is 8.40. The number of benzene rings is 3. The minimum Gasteiger partial charge on any atom is -0.294 e. The summed E-state index contributed by atoms with van der Waals surface area (Å²) in [4.78, 5) is 13.2. The molecule has 1 aliphatic rings. The van der Waals surface area contributed by atoms with Crippen molar-refractivity contribution in [2.24, 2.45) is 5.92 Å². The van der Waals surface area contributed by atoms with Gasteiger partial charge in [0.2, 0.25) is 0 Å². The fourth-order valence-electron chi connectivity index (χ4n) is 3.92. The summed E-state index contributed by atoms with van der Waals surface area (Å²) in [6, 6.07) is 31.4. The number of carbonyl (C=O) groups is 1. The molecule has 1 aliphatic carbocycles. The van der Waals surface area contributed by atoms with Crippen LogP contribution in [-0.2, 0) is 5.41 Å². The summed E-state index contributed by atoms with van der Waals surface area (Å²) in [6.07, 6.45) is 0. The lowest BCUT2D eigenvalue weighted by Crippen LogP contribution is -2.14. The number of hydrogen-bond donors (Lipinski definition) is 0. The Bertz CT molecular complexity index is 928. The van der Waals surface area contributed by atoms with Crippen LogP contribution in [-0.4, -0.2) is 5.78 Å². The highest BCUT2D eigenvalue weighted by Crippen LogP contribution is 2.66. The molecule has 3 aromatic rings. The summed E-state index contributed by atoms with van der Waals surface area (Å²) in [5.74, 6) is -0.432. The summed E-state index contributed by atoms with van der Waals surface area (Å²) >= 11 is 0. The van der Waals surface area contributed by atoms with Crippen LogP contribution < -0.4 is 0 Å². The fourth-order valence-corrected chi connectivity index (χ4v) is 3.92. The van der Waals surface area contributed by atoms with Gasteiger partial charge in [-0.05, 0) is 11.1 Å². The Labute approximate surface area is 147 Å². The van der Waals surface area contributed by atoms with Gasteiger partial charge in [0.1, 0.15) is 5.41 Å². The van der Waals surface area contributed by atoms with E-state index in [0.29, 0.717) is 5.56 Å². The Balaban J connectivity index is 1.83. The minimum absolute atomic E-state index is 0.0415. The van der Waals surface area contributed by atoms with Gasteiger partial charge in [-0.2, -0.15) is 5.26 Å². The summed E-state index contributed by atoms with van der Waals surface area (Å²) < 4.78 is 0. The van der Waals surface area contributed by atoms with E-state index in [9.17, 15) is 10.1 Å². The van der Waals surface area contributed by atoms with E-state index < -0.39 is 5.41 Å². The second-order valence-corrected chi connectivity index (χ2v) is 6.44. The van der Waals surface area contributed by atoms with Gasteiger partial charge in [0.25, 0.3) is 0 Å². The van der Waals surface area contributed by atoms with E-state index in [4.69, 9.17) is 0 Å². The molecule has 1 fully saturated rings. The smallest absolute Gasteiger partial charge is 0.168 e. The molecule has 4 rings (SSSR count). The maximum absolute atomic E-state index is 13.2. The van der Waals surface area contributed by atoms with Crippen molar-refractivity contribution in [1.29, 1.82) is 5.26 Å². The summed E-state index contributed by atoms with van der Waals surface area (Å²) in [7, 11) is 0. The van der Waals surface area contributed by atoms with Crippen molar-refractivity contribution in [1.82, 2.24) is 0 Å². The van der Waals surface area contributed by atoms with E-state index in [1.165, 1.54) is 0 Å². The maximum atomic E-state index is 13.2. The Morgan fingerprint density at radius 2 is 1.32 bits per heavy atom. The van der Waals surface area contributed by atoms with Crippen molar-refractivity contribution in [3.05, 3.63) is 108 Å².